The van der Waals surface area contributed by atoms with E-state index < -0.39 is 9.96 Å². The molecule has 206 valence electrons. The summed E-state index contributed by atoms with van der Waals surface area (Å²) in [6, 6.07) is 7.75. The summed E-state index contributed by atoms with van der Waals surface area (Å²) in [4.78, 5) is 12.4. The van der Waals surface area contributed by atoms with Gasteiger partial charge < -0.3 is 16.0 Å². The molecular weight excluding hydrogens is 533 g/mol. The van der Waals surface area contributed by atoms with Gasteiger partial charge in [0, 0.05) is 12.1 Å². The smallest absolute Gasteiger partial charge is 0.228 e. The molecule has 0 bridgehead atoms. The molecule has 0 aliphatic carbocycles. The second-order valence-corrected chi connectivity index (χ2v) is 12.5. The Bertz CT molecular complexity index is 726. The molecule has 0 aromatic heterocycles. The molecule has 0 saturated heterocycles. The summed E-state index contributed by atoms with van der Waals surface area (Å²) < 4.78 is -1.75. The van der Waals surface area contributed by atoms with Gasteiger partial charge >= 0.3 is 0 Å². The predicted octanol–water partition coefficient (Wildman–Crippen LogP) is 9.36. The molecule has 0 aliphatic rings. The van der Waals surface area contributed by atoms with E-state index in [0.29, 0.717) is 6.42 Å². The predicted molar refractivity (Wildman–Crippen MR) is 162 cm³/mol. The van der Waals surface area contributed by atoms with Gasteiger partial charge in [0.2, 0.25) is 9.70 Å². The molecule has 36 heavy (non-hydrogen) atoms. The molecular formula is C28H46Cl3N3OS. The summed E-state index contributed by atoms with van der Waals surface area (Å²) in [6.45, 7) is 4.27. The Morgan fingerprint density at radius 1 is 0.778 bits per heavy atom. The van der Waals surface area contributed by atoms with Gasteiger partial charge in [-0.15, -0.1) is 0 Å². The summed E-state index contributed by atoms with van der Waals surface area (Å²) in [7, 11) is 0. The fourth-order valence-electron chi connectivity index (χ4n) is 4.02. The van der Waals surface area contributed by atoms with E-state index in [1.54, 1.807) is 0 Å². The van der Waals surface area contributed by atoms with Crippen LogP contribution in [-0.2, 0) is 4.79 Å². The molecule has 1 aromatic carbocycles. The number of carbonyl (C=O) groups is 1. The molecule has 0 saturated carbocycles. The lowest BCUT2D eigenvalue weighted by Gasteiger charge is -2.27. The lowest BCUT2D eigenvalue weighted by molar-refractivity contribution is -0.122. The van der Waals surface area contributed by atoms with Crippen molar-refractivity contribution in [2.45, 2.75) is 127 Å². The van der Waals surface area contributed by atoms with Crippen molar-refractivity contribution in [3.8, 4) is 0 Å². The third kappa shape index (κ3) is 17.7. The molecule has 3 N–H and O–H groups in total. The average Bonchev–Trinajstić information content (AvgIpc) is 2.82. The zero-order valence-electron chi connectivity index (χ0n) is 22.2. The molecule has 1 atom stereocenters. The van der Waals surface area contributed by atoms with Crippen molar-refractivity contribution in [2.24, 2.45) is 0 Å². The Labute approximate surface area is 240 Å². The monoisotopic (exact) mass is 577 g/mol. The van der Waals surface area contributed by atoms with Gasteiger partial charge in [-0.25, -0.2) is 0 Å². The van der Waals surface area contributed by atoms with E-state index in [9.17, 15) is 4.79 Å². The van der Waals surface area contributed by atoms with E-state index >= 15 is 0 Å². The number of hydrogen-bond acceptors (Lipinski definition) is 2. The Morgan fingerprint density at radius 2 is 1.22 bits per heavy atom. The van der Waals surface area contributed by atoms with Gasteiger partial charge in [-0.3, -0.25) is 4.79 Å². The lowest BCUT2D eigenvalue weighted by Crippen LogP contribution is -2.56. The largest absolute Gasteiger partial charge is 0.339 e. The number of unbranched alkanes of at least 4 members (excludes halogenated alkanes) is 14. The quantitative estimate of drug-likeness (QED) is 0.0662. The number of aryl methyl sites for hydroxylation is 1. The number of thiocarbonyl (C=S) groups is 1. The van der Waals surface area contributed by atoms with Gasteiger partial charge in [0.1, 0.15) is 6.17 Å². The summed E-state index contributed by atoms with van der Waals surface area (Å²) in [6.07, 6.45) is 18.8. The van der Waals surface area contributed by atoms with Crippen LogP contribution in [0.15, 0.2) is 24.3 Å². The van der Waals surface area contributed by atoms with Crippen molar-refractivity contribution in [3.05, 3.63) is 29.8 Å². The number of hydrogen-bond donors (Lipinski definition) is 3. The molecule has 1 amide bonds. The molecule has 1 rings (SSSR count). The van der Waals surface area contributed by atoms with Crippen LogP contribution in [0.1, 0.15) is 115 Å². The number of halogens is 3. The highest BCUT2D eigenvalue weighted by atomic mass is 35.6. The zero-order valence-corrected chi connectivity index (χ0v) is 25.2. The maximum atomic E-state index is 12.4. The van der Waals surface area contributed by atoms with Gasteiger partial charge in [-0.1, -0.05) is 149 Å². The Morgan fingerprint density at radius 3 is 1.67 bits per heavy atom. The molecule has 1 aromatic rings. The fraction of sp³-hybridized carbons (Fsp3) is 0.714. The molecule has 8 heteroatoms. The van der Waals surface area contributed by atoms with E-state index in [-0.39, 0.29) is 11.0 Å². The second-order valence-electron chi connectivity index (χ2n) is 9.71. The minimum absolute atomic E-state index is 0.161. The van der Waals surface area contributed by atoms with E-state index in [0.717, 1.165) is 30.5 Å². The first-order valence-corrected chi connectivity index (χ1v) is 15.3. The first kappa shape index (κ1) is 33.3. The Hall–Kier alpha value is -0.750. The van der Waals surface area contributed by atoms with Crippen molar-refractivity contribution in [1.29, 1.82) is 0 Å². The molecule has 0 aliphatic heterocycles. The summed E-state index contributed by atoms with van der Waals surface area (Å²) >= 11 is 23.5. The number of alkyl halides is 3. The number of amides is 1. The van der Waals surface area contributed by atoms with Crippen molar-refractivity contribution in [1.82, 2.24) is 10.6 Å². The van der Waals surface area contributed by atoms with Crippen LogP contribution in [0.2, 0.25) is 0 Å². The minimum Gasteiger partial charge on any atom is -0.339 e. The van der Waals surface area contributed by atoms with Crippen LogP contribution in [0.5, 0.6) is 0 Å². The van der Waals surface area contributed by atoms with Crippen LogP contribution in [0, 0.1) is 6.92 Å². The van der Waals surface area contributed by atoms with Gasteiger partial charge in [-0.05, 0) is 37.7 Å². The maximum Gasteiger partial charge on any atom is 0.228 e. The van der Waals surface area contributed by atoms with Gasteiger partial charge in [0.15, 0.2) is 5.11 Å². The number of rotatable bonds is 19. The third-order valence-electron chi connectivity index (χ3n) is 6.22. The molecule has 0 heterocycles. The average molecular weight is 579 g/mol. The van der Waals surface area contributed by atoms with Crippen molar-refractivity contribution >= 4 is 63.7 Å². The van der Waals surface area contributed by atoms with Crippen LogP contribution < -0.4 is 16.0 Å². The first-order chi connectivity index (χ1) is 17.2. The van der Waals surface area contributed by atoms with E-state index in [2.05, 4.69) is 22.9 Å². The normalized spacial score (nSPS) is 12.2. The number of carbonyl (C=O) groups excluding carboxylic acids is 1. The van der Waals surface area contributed by atoms with Crippen LogP contribution in [-0.4, -0.2) is 21.0 Å². The number of benzene rings is 1. The van der Waals surface area contributed by atoms with Crippen LogP contribution in [0.25, 0.3) is 0 Å². The maximum absolute atomic E-state index is 12.4. The second kappa shape index (κ2) is 20.2. The number of nitrogens with one attached hydrogen (secondary N) is 3. The highest BCUT2D eigenvalue weighted by Gasteiger charge is 2.34. The van der Waals surface area contributed by atoms with Crippen LogP contribution in [0.3, 0.4) is 0 Å². The van der Waals surface area contributed by atoms with E-state index in [4.69, 9.17) is 47.0 Å². The van der Waals surface area contributed by atoms with E-state index in [1.807, 2.05) is 31.2 Å². The molecule has 0 fully saturated rings. The van der Waals surface area contributed by atoms with Crippen LogP contribution >= 0.6 is 47.0 Å². The van der Waals surface area contributed by atoms with Crippen molar-refractivity contribution < 1.29 is 4.79 Å². The van der Waals surface area contributed by atoms with Crippen LogP contribution in [0.4, 0.5) is 5.69 Å². The summed E-state index contributed by atoms with van der Waals surface area (Å²) in [5, 5.41) is 8.96. The van der Waals surface area contributed by atoms with Gasteiger partial charge in [-0.2, -0.15) is 0 Å². The van der Waals surface area contributed by atoms with Crippen molar-refractivity contribution in [3.63, 3.8) is 0 Å². The highest BCUT2D eigenvalue weighted by Crippen LogP contribution is 2.29. The molecule has 4 nitrogen and oxygen atoms in total. The Kier molecular flexibility index (Phi) is 18.7. The fourth-order valence-corrected chi connectivity index (χ4v) is 4.59. The van der Waals surface area contributed by atoms with E-state index in [1.165, 1.54) is 77.0 Å². The van der Waals surface area contributed by atoms with Crippen molar-refractivity contribution in [2.75, 3.05) is 5.32 Å². The molecule has 1 unspecified atom stereocenters. The molecule has 0 radical (unpaired) electrons. The number of anilines is 1. The topological polar surface area (TPSA) is 53.2 Å². The summed E-state index contributed by atoms with van der Waals surface area (Å²) in [5.41, 5.74) is 1.95. The highest BCUT2D eigenvalue weighted by molar-refractivity contribution is 7.80. The SMILES string of the molecule is CCCCCCCCCCCCCCCCCC(=O)NC(NC(=S)Nc1ccc(C)cc1)C(Cl)(Cl)Cl. The lowest BCUT2D eigenvalue weighted by atomic mass is 10.0. The summed E-state index contributed by atoms with van der Waals surface area (Å²) in [5.74, 6) is -0.161. The van der Waals surface area contributed by atoms with Gasteiger partial charge in [0.05, 0.1) is 0 Å². The standard InChI is InChI=1S/C28H46Cl3N3OS/c1-3-4-5-6-7-8-9-10-11-12-13-14-15-16-17-18-25(35)33-26(28(29,30)31)34-27(36)32-24-21-19-23(2)20-22-24/h19-22,26H,3-18H2,1-2H3,(H,33,35)(H2,32,34,36). The van der Waals surface area contributed by atoms with Gasteiger partial charge in [0.25, 0.3) is 0 Å². The zero-order chi connectivity index (χ0) is 26.7. The minimum atomic E-state index is -1.75. The third-order valence-corrected chi connectivity index (χ3v) is 7.10. The Balaban J connectivity index is 2.11. The molecule has 0 spiro atoms. The first-order valence-electron chi connectivity index (χ1n) is 13.7.